The molecule has 1 aromatic heterocycles. The standard InChI is InChI=1S/C34H40N4O6/c1-3-43-33(40)27-15-11-6-4-5-7-12-18-35-34(41)38-22-25(20-30(38)32(39)37-27)44-31-21-28(23-13-9-8-10-14-23)36-29-19-24(42-2)16-17-26(29)31/h4,6,8-10,13-14,16-17,19,21,25,27,30H,3,5,7,11-12,15,18,20,22H2,1-2H3,(H,35,41)(H,37,39)/p+1. The highest BCUT2D eigenvalue weighted by atomic mass is 16.5. The maximum absolute atomic E-state index is 13.7. The molecule has 0 saturated carbocycles. The van der Waals surface area contributed by atoms with E-state index >= 15 is 0 Å². The van der Waals surface area contributed by atoms with E-state index in [-0.39, 0.29) is 25.1 Å². The Labute approximate surface area is 257 Å². The van der Waals surface area contributed by atoms with Crippen LogP contribution in [-0.4, -0.2) is 67.9 Å². The lowest BCUT2D eigenvalue weighted by Crippen LogP contribution is -3.19. The van der Waals surface area contributed by atoms with Crippen LogP contribution in [0.25, 0.3) is 22.2 Å². The first-order chi connectivity index (χ1) is 21.5. The van der Waals surface area contributed by atoms with Crippen molar-refractivity contribution in [2.75, 3.05) is 26.8 Å². The number of methoxy groups -OCH3 is 1. The molecule has 0 radical (unpaired) electrons. The number of allylic oxidation sites excluding steroid dienone is 2. The molecule has 0 bridgehead atoms. The van der Waals surface area contributed by atoms with E-state index in [1.54, 1.807) is 14.0 Å². The highest BCUT2D eigenvalue weighted by Crippen LogP contribution is 2.33. The summed E-state index contributed by atoms with van der Waals surface area (Å²) in [6.45, 7) is 2.77. The summed E-state index contributed by atoms with van der Waals surface area (Å²) in [7, 11) is 1.61. The predicted octanol–water partition coefficient (Wildman–Crippen LogP) is 3.59. The second kappa shape index (κ2) is 14.8. The van der Waals surface area contributed by atoms with Crippen molar-refractivity contribution in [1.29, 1.82) is 0 Å². The number of pyridine rings is 1. The van der Waals surface area contributed by atoms with Crippen LogP contribution in [0, 0.1) is 0 Å². The molecule has 4 atom stereocenters. The summed E-state index contributed by atoms with van der Waals surface area (Å²) in [5.74, 6) is 0.452. The third-order valence-electron chi connectivity index (χ3n) is 8.08. The maximum atomic E-state index is 13.7. The van der Waals surface area contributed by atoms with Gasteiger partial charge in [-0.05, 0) is 51.2 Å². The van der Waals surface area contributed by atoms with E-state index in [0.717, 1.165) is 35.9 Å². The Bertz CT molecular complexity index is 1490. The summed E-state index contributed by atoms with van der Waals surface area (Å²) in [6.07, 6.45) is 7.68. The molecule has 0 aliphatic carbocycles. The molecule has 10 nitrogen and oxygen atoms in total. The van der Waals surface area contributed by atoms with Crippen LogP contribution < -0.4 is 25.0 Å². The van der Waals surface area contributed by atoms with Crippen molar-refractivity contribution in [2.45, 2.75) is 63.6 Å². The average molecular weight is 602 g/mol. The van der Waals surface area contributed by atoms with E-state index in [1.807, 2.05) is 60.7 Å². The largest absolute Gasteiger partial charge is 0.497 e. The molecule has 0 spiro atoms. The first-order valence-electron chi connectivity index (χ1n) is 15.4. The average Bonchev–Trinajstić information content (AvgIpc) is 3.47. The van der Waals surface area contributed by atoms with E-state index in [1.165, 1.54) is 0 Å². The summed E-state index contributed by atoms with van der Waals surface area (Å²) in [4.78, 5) is 45.2. The third-order valence-corrected chi connectivity index (χ3v) is 8.08. The number of fused-ring (bicyclic) bond motifs is 2. The molecule has 10 heteroatoms. The van der Waals surface area contributed by atoms with E-state index in [9.17, 15) is 14.4 Å². The molecule has 3 amide bonds. The van der Waals surface area contributed by atoms with Crippen molar-refractivity contribution in [3.8, 4) is 22.8 Å². The number of hydrogen-bond acceptors (Lipinski definition) is 7. The van der Waals surface area contributed by atoms with Crippen LogP contribution >= 0.6 is 0 Å². The van der Waals surface area contributed by atoms with Gasteiger partial charge in [0.1, 0.15) is 24.1 Å². The molecule has 2 aliphatic heterocycles. The number of benzene rings is 2. The summed E-state index contributed by atoms with van der Waals surface area (Å²) in [5, 5.41) is 6.70. The number of hydrogen-bond donors (Lipinski definition) is 3. The fraction of sp³-hybridized carbons (Fsp3) is 0.412. The van der Waals surface area contributed by atoms with Crippen LogP contribution in [0.5, 0.6) is 11.5 Å². The number of carbonyl (C=O) groups excluding carboxylic acids is 3. The van der Waals surface area contributed by atoms with E-state index in [0.29, 0.717) is 47.7 Å². The van der Waals surface area contributed by atoms with Gasteiger partial charge in [0, 0.05) is 29.6 Å². The second-order valence-electron chi connectivity index (χ2n) is 11.1. The van der Waals surface area contributed by atoms with Crippen LogP contribution in [0.3, 0.4) is 0 Å². The number of amides is 3. The molecule has 44 heavy (non-hydrogen) atoms. The van der Waals surface area contributed by atoms with E-state index in [2.05, 4.69) is 16.7 Å². The van der Waals surface area contributed by atoms with Gasteiger partial charge in [0.05, 0.1) is 31.3 Å². The fourth-order valence-electron chi connectivity index (χ4n) is 5.78. The normalized spacial score (nSPS) is 23.0. The third kappa shape index (κ3) is 7.55. The summed E-state index contributed by atoms with van der Waals surface area (Å²) < 4.78 is 17.3. The highest BCUT2D eigenvalue weighted by molar-refractivity contribution is 5.89. The summed E-state index contributed by atoms with van der Waals surface area (Å²) >= 11 is 0. The van der Waals surface area contributed by atoms with Crippen LogP contribution in [0.15, 0.2) is 66.7 Å². The van der Waals surface area contributed by atoms with Gasteiger partial charge in [0.15, 0.2) is 12.1 Å². The van der Waals surface area contributed by atoms with Crippen LogP contribution in [-0.2, 0) is 14.3 Å². The molecule has 3 N–H and O–H groups in total. The minimum Gasteiger partial charge on any atom is -0.497 e. The number of aromatic nitrogens is 1. The highest BCUT2D eigenvalue weighted by Gasteiger charge is 2.47. The van der Waals surface area contributed by atoms with Gasteiger partial charge in [-0.15, -0.1) is 0 Å². The second-order valence-corrected chi connectivity index (χ2v) is 11.1. The number of urea groups is 1. The molecule has 2 aromatic carbocycles. The minimum absolute atomic E-state index is 0.219. The van der Waals surface area contributed by atoms with E-state index in [4.69, 9.17) is 19.2 Å². The lowest BCUT2D eigenvalue weighted by molar-refractivity contribution is -0.820. The predicted molar refractivity (Wildman–Crippen MR) is 167 cm³/mol. The van der Waals surface area contributed by atoms with Crippen LogP contribution in [0.2, 0.25) is 0 Å². The van der Waals surface area contributed by atoms with Crippen molar-refractivity contribution in [3.05, 3.63) is 66.7 Å². The Morgan fingerprint density at radius 3 is 2.66 bits per heavy atom. The fourth-order valence-corrected chi connectivity index (χ4v) is 5.78. The molecular weight excluding hydrogens is 560 g/mol. The van der Waals surface area contributed by atoms with Gasteiger partial charge in [-0.25, -0.2) is 19.5 Å². The van der Waals surface area contributed by atoms with Crippen molar-refractivity contribution < 1.29 is 33.5 Å². The molecule has 232 valence electrons. The lowest BCUT2D eigenvalue weighted by atomic mass is 10.1. The van der Waals surface area contributed by atoms with Gasteiger partial charge < -0.3 is 24.8 Å². The molecule has 3 aromatic rings. The lowest BCUT2D eigenvalue weighted by Gasteiger charge is -2.21. The van der Waals surface area contributed by atoms with Crippen molar-refractivity contribution in [2.24, 2.45) is 0 Å². The van der Waals surface area contributed by atoms with Crippen molar-refractivity contribution in [1.82, 2.24) is 15.6 Å². The Morgan fingerprint density at radius 1 is 1.05 bits per heavy atom. The number of quaternary nitrogens is 1. The molecular formula is C34H41N4O6+. The van der Waals surface area contributed by atoms with Gasteiger partial charge in [-0.1, -0.05) is 42.5 Å². The molecule has 4 unspecified atom stereocenters. The molecule has 3 heterocycles. The Balaban J connectivity index is 1.43. The quantitative estimate of drug-likeness (QED) is 0.292. The number of esters is 1. The number of nitrogens with one attached hydrogen (secondary N) is 3. The Hall–Kier alpha value is -4.44. The zero-order chi connectivity index (χ0) is 30.9. The van der Waals surface area contributed by atoms with Gasteiger partial charge >= 0.3 is 12.0 Å². The number of ether oxygens (including phenoxy) is 3. The molecule has 5 rings (SSSR count). The van der Waals surface area contributed by atoms with Gasteiger partial charge in [0.25, 0.3) is 5.91 Å². The Kier molecular flexibility index (Phi) is 10.5. The number of nitrogens with zero attached hydrogens (tertiary/aromatic N) is 1. The first kappa shape index (κ1) is 31.0. The van der Waals surface area contributed by atoms with Gasteiger partial charge in [-0.3, -0.25) is 4.79 Å². The monoisotopic (exact) mass is 601 g/mol. The number of rotatable bonds is 6. The first-order valence-corrected chi connectivity index (χ1v) is 15.4. The molecule has 1 saturated heterocycles. The molecule has 1 fully saturated rings. The topological polar surface area (TPSA) is 120 Å². The van der Waals surface area contributed by atoms with Gasteiger partial charge in [0.2, 0.25) is 0 Å². The SMILES string of the molecule is CCOC(=O)C1CCC=CCCCCNC(=O)[NH+]2CC(Oc3cc(-c4ccccc4)nc4cc(OC)ccc34)CC2C(=O)N1. The zero-order valence-corrected chi connectivity index (χ0v) is 25.3. The van der Waals surface area contributed by atoms with Crippen LogP contribution in [0.1, 0.15) is 45.4 Å². The minimum atomic E-state index is -0.797. The van der Waals surface area contributed by atoms with E-state index < -0.39 is 24.2 Å². The smallest absolute Gasteiger partial charge is 0.415 e. The van der Waals surface area contributed by atoms with Crippen molar-refractivity contribution >= 4 is 28.8 Å². The van der Waals surface area contributed by atoms with Crippen molar-refractivity contribution in [3.63, 3.8) is 0 Å². The number of carbonyl (C=O) groups is 3. The summed E-state index contributed by atoms with van der Waals surface area (Å²) in [5.41, 5.74) is 2.39. The zero-order valence-electron chi connectivity index (χ0n) is 25.3. The maximum Gasteiger partial charge on any atom is 0.415 e. The van der Waals surface area contributed by atoms with Gasteiger partial charge in [-0.2, -0.15) is 0 Å². The summed E-state index contributed by atoms with van der Waals surface area (Å²) in [6, 6.07) is 15.6. The van der Waals surface area contributed by atoms with Crippen LogP contribution in [0.4, 0.5) is 4.79 Å². The Morgan fingerprint density at radius 2 is 1.86 bits per heavy atom. The molecule has 2 aliphatic rings.